The average Bonchev–Trinajstić information content (AvgIpc) is 2.50. The van der Waals surface area contributed by atoms with Crippen LogP contribution in [0.4, 0.5) is 5.69 Å². The van der Waals surface area contributed by atoms with Gasteiger partial charge in [0.15, 0.2) is 11.5 Å². The fourth-order valence-electron chi connectivity index (χ4n) is 3.01. The molecule has 1 heterocycles. The summed E-state index contributed by atoms with van der Waals surface area (Å²) in [5.74, 6) is 1.60. The van der Waals surface area contributed by atoms with Gasteiger partial charge in [-0.25, -0.2) is 0 Å². The van der Waals surface area contributed by atoms with Gasteiger partial charge in [-0.3, -0.25) is 0 Å². The molecular weight excluding hydrogens is 264 g/mol. The van der Waals surface area contributed by atoms with Crippen LogP contribution in [0.3, 0.4) is 0 Å². The van der Waals surface area contributed by atoms with Gasteiger partial charge in [0.2, 0.25) is 0 Å². The van der Waals surface area contributed by atoms with Gasteiger partial charge in [0.1, 0.15) is 0 Å². The molecule has 4 nitrogen and oxygen atoms in total. The van der Waals surface area contributed by atoms with Crippen molar-refractivity contribution in [3.05, 3.63) is 17.7 Å². The van der Waals surface area contributed by atoms with E-state index in [2.05, 4.69) is 4.90 Å². The summed E-state index contributed by atoms with van der Waals surface area (Å²) < 4.78 is 11.2. The van der Waals surface area contributed by atoms with Gasteiger partial charge in [0.05, 0.1) is 13.7 Å². The number of piperidine rings is 1. The number of rotatable bonds is 7. The number of hydrogen-bond donors (Lipinski definition) is 1. The molecule has 0 amide bonds. The van der Waals surface area contributed by atoms with Crippen molar-refractivity contribution < 1.29 is 9.47 Å². The van der Waals surface area contributed by atoms with E-state index >= 15 is 0 Å². The topological polar surface area (TPSA) is 47.7 Å². The largest absolute Gasteiger partial charge is 0.493 e. The Bertz CT molecular complexity index is 443. The number of nitrogen functional groups attached to an aromatic ring is 1. The second-order valence-electron chi connectivity index (χ2n) is 5.65. The smallest absolute Gasteiger partial charge is 0.164 e. The van der Waals surface area contributed by atoms with Crippen LogP contribution in [0.25, 0.3) is 0 Å². The number of aryl methyl sites for hydroxylation is 1. The highest BCUT2D eigenvalue weighted by atomic mass is 16.5. The van der Waals surface area contributed by atoms with Gasteiger partial charge in [0.25, 0.3) is 0 Å². The maximum atomic E-state index is 5.97. The van der Waals surface area contributed by atoms with E-state index in [9.17, 15) is 0 Å². The Morgan fingerprint density at radius 2 is 1.95 bits per heavy atom. The molecule has 1 fully saturated rings. The summed E-state index contributed by atoms with van der Waals surface area (Å²) in [5.41, 5.74) is 7.87. The van der Waals surface area contributed by atoms with Crippen molar-refractivity contribution >= 4 is 5.69 Å². The summed E-state index contributed by atoms with van der Waals surface area (Å²) in [6, 6.07) is 3.85. The zero-order valence-electron chi connectivity index (χ0n) is 13.4. The number of nitrogens with two attached hydrogens (primary N) is 1. The Kier molecular flexibility index (Phi) is 6.18. The van der Waals surface area contributed by atoms with E-state index in [1.54, 1.807) is 7.11 Å². The average molecular weight is 292 g/mol. The molecule has 1 aromatic rings. The minimum absolute atomic E-state index is 0.638. The molecule has 0 radical (unpaired) electrons. The van der Waals surface area contributed by atoms with Crippen molar-refractivity contribution in [2.45, 2.75) is 39.0 Å². The lowest BCUT2D eigenvalue weighted by atomic mass is 10.1. The molecule has 1 aliphatic heterocycles. The molecule has 0 aromatic heterocycles. The van der Waals surface area contributed by atoms with Crippen LogP contribution in [0.2, 0.25) is 0 Å². The van der Waals surface area contributed by atoms with Crippen LogP contribution < -0.4 is 15.2 Å². The third kappa shape index (κ3) is 4.53. The number of likely N-dealkylation sites (tertiary alicyclic amines) is 1. The molecule has 118 valence electrons. The molecule has 4 heteroatoms. The fraction of sp³-hybridized carbons (Fsp3) is 0.647. The van der Waals surface area contributed by atoms with Gasteiger partial charge in [-0.15, -0.1) is 0 Å². The number of methoxy groups -OCH3 is 1. The molecule has 2 rings (SSSR count). The standard InChI is InChI=1S/C17H28N2O2/c1-3-21-17-14(12-15(18)13-16(17)20-2)8-7-11-19-9-5-4-6-10-19/h12-13H,3-11,18H2,1-2H3. The lowest BCUT2D eigenvalue weighted by Crippen LogP contribution is -2.30. The zero-order chi connectivity index (χ0) is 15.1. The van der Waals surface area contributed by atoms with Crippen molar-refractivity contribution in [2.75, 3.05) is 39.1 Å². The molecule has 0 atom stereocenters. The minimum atomic E-state index is 0.638. The van der Waals surface area contributed by atoms with E-state index in [1.165, 1.54) is 32.4 Å². The van der Waals surface area contributed by atoms with Crippen molar-refractivity contribution in [1.82, 2.24) is 4.90 Å². The summed E-state index contributed by atoms with van der Waals surface area (Å²) in [6.45, 7) is 6.28. The Balaban J connectivity index is 1.98. The van der Waals surface area contributed by atoms with Gasteiger partial charge in [-0.2, -0.15) is 0 Å². The summed E-state index contributed by atoms with van der Waals surface area (Å²) in [7, 11) is 1.66. The first-order chi connectivity index (χ1) is 10.2. The quantitative estimate of drug-likeness (QED) is 0.785. The summed E-state index contributed by atoms with van der Waals surface area (Å²) in [4.78, 5) is 2.56. The number of hydrogen-bond acceptors (Lipinski definition) is 4. The van der Waals surface area contributed by atoms with Gasteiger partial charge in [0, 0.05) is 17.3 Å². The SMILES string of the molecule is CCOc1c(CCCN2CCCCC2)cc(N)cc1OC. The van der Waals surface area contributed by atoms with Crippen LogP contribution in [0, 0.1) is 0 Å². The highest BCUT2D eigenvalue weighted by Gasteiger charge is 2.14. The van der Waals surface area contributed by atoms with Crippen molar-refractivity contribution in [3.8, 4) is 11.5 Å². The molecule has 1 aromatic carbocycles. The summed E-state index contributed by atoms with van der Waals surface area (Å²) >= 11 is 0. The molecule has 0 aliphatic carbocycles. The molecule has 0 bridgehead atoms. The zero-order valence-corrected chi connectivity index (χ0v) is 13.4. The van der Waals surface area contributed by atoms with Gasteiger partial charge in [-0.05, 0) is 58.3 Å². The van der Waals surface area contributed by atoms with Crippen LogP contribution in [-0.2, 0) is 6.42 Å². The van der Waals surface area contributed by atoms with E-state index in [0.717, 1.165) is 42.1 Å². The van der Waals surface area contributed by atoms with E-state index in [1.807, 2.05) is 19.1 Å². The van der Waals surface area contributed by atoms with Crippen LogP contribution in [0.1, 0.15) is 38.2 Å². The Morgan fingerprint density at radius 1 is 1.19 bits per heavy atom. The van der Waals surface area contributed by atoms with Crippen LogP contribution >= 0.6 is 0 Å². The number of benzene rings is 1. The van der Waals surface area contributed by atoms with Gasteiger partial charge >= 0.3 is 0 Å². The third-order valence-electron chi connectivity index (χ3n) is 4.03. The minimum Gasteiger partial charge on any atom is -0.493 e. The summed E-state index contributed by atoms with van der Waals surface area (Å²) in [5, 5.41) is 0. The van der Waals surface area contributed by atoms with Crippen LogP contribution in [0.5, 0.6) is 11.5 Å². The van der Waals surface area contributed by atoms with Crippen LogP contribution in [-0.4, -0.2) is 38.3 Å². The molecular formula is C17H28N2O2. The number of ether oxygens (including phenoxy) is 2. The molecule has 1 aliphatic rings. The van der Waals surface area contributed by atoms with Crippen molar-refractivity contribution in [2.24, 2.45) is 0 Å². The van der Waals surface area contributed by atoms with E-state index in [-0.39, 0.29) is 0 Å². The predicted octanol–water partition coefficient (Wildman–Crippen LogP) is 3.09. The fourth-order valence-corrected chi connectivity index (χ4v) is 3.01. The van der Waals surface area contributed by atoms with E-state index < -0.39 is 0 Å². The van der Waals surface area contributed by atoms with Gasteiger partial charge < -0.3 is 20.1 Å². The van der Waals surface area contributed by atoms with Crippen LogP contribution in [0.15, 0.2) is 12.1 Å². The second kappa shape index (κ2) is 8.13. The maximum Gasteiger partial charge on any atom is 0.164 e. The van der Waals surface area contributed by atoms with Crippen molar-refractivity contribution in [1.29, 1.82) is 0 Å². The molecule has 2 N–H and O–H groups in total. The third-order valence-corrected chi connectivity index (χ3v) is 4.03. The van der Waals surface area contributed by atoms with E-state index in [4.69, 9.17) is 15.2 Å². The Morgan fingerprint density at radius 3 is 2.62 bits per heavy atom. The normalized spacial score (nSPS) is 15.9. The lowest BCUT2D eigenvalue weighted by molar-refractivity contribution is 0.226. The molecule has 0 spiro atoms. The first-order valence-corrected chi connectivity index (χ1v) is 8.06. The Hall–Kier alpha value is -1.42. The molecule has 0 unspecified atom stereocenters. The highest BCUT2D eigenvalue weighted by Crippen LogP contribution is 2.34. The van der Waals surface area contributed by atoms with E-state index in [0.29, 0.717) is 6.61 Å². The highest BCUT2D eigenvalue weighted by molar-refractivity contribution is 5.57. The second-order valence-corrected chi connectivity index (χ2v) is 5.65. The molecule has 1 saturated heterocycles. The lowest BCUT2D eigenvalue weighted by Gasteiger charge is -2.26. The molecule has 0 saturated carbocycles. The Labute approximate surface area is 128 Å². The monoisotopic (exact) mass is 292 g/mol. The predicted molar refractivity (Wildman–Crippen MR) is 87.2 cm³/mol. The van der Waals surface area contributed by atoms with Gasteiger partial charge in [-0.1, -0.05) is 6.42 Å². The molecule has 21 heavy (non-hydrogen) atoms. The number of anilines is 1. The maximum absolute atomic E-state index is 5.97. The first kappa shape index (κ1) is 16.0. The summed E-state index contributed by atoms with van der Waals surface area (Å²) in [6.07, 6.45) is 6.18. The first-order valence-electron chi connectivity index (χ1n) is 8.06. The van der Waals surface area contributed by atoms with Crippen molar-refractivity contribution in [3.63, 3.8) is 0 Å². The number of nitrogens with zero attached hydrogens (tertiary/aromatic N) is 1.